The van der Waals surface area contributed by atoms with Crippen molar-refractivity contribution >= 4 is 40.3 Å². The van der Waals surface area contributed by atoms with Gasteiger partial charge in [0.1, 0.15) is 29.8 Å². The van der Waals surface area contributed by atoms with E-state index in [9.17, 15) is 14.4 Å². The number of ether oxygens (including phenoxy) is 1. The molecule has 3 aromatic carbocycles. The van der Waals surface area contributed by atoms with E-state index in [0.717, 1.165) is 14.7 Å². The van der Waals surface area contributed by atoms with Crippen molar-refractivity contribution in [3.8, 4) is 11.8 Å². The highest BCUT2D eigenvalue weighted by Crippen LogP contribution is 2.25. The van der Waals surface area contributed by atoms with Crippen LogP contribution in [-0.4, -0.2) is 5.91 Å². The van der Waals surface area contributed by atoms with Gasteiger partial charge in [-0.2, -0.15) is 5.26 Å². The second-order valence-corrected chi connectivity index (χ2v) is 8.10. The standard InChI is InChI=1S/C25H20FIN2O2/c1-16-6-5-9-23(17(16)2)29-25(30)20(14-28)12-18-10-11-24(22(27)13-18)31-15-19-7-3-4-8-21(19)26/h3-13H,15H2,1-2H3,(H,29,30)/b20-12+. The van der Waals surface area contributed by atoms with Crippen molar-refractivity contribution in [2.45, 2.75) is 20.5 Å². The molecule has 0 aliphatic rings. The fraction of sp³-hybridized carbons (Fsp3) is 0.120. The summed E-state index contributed by atoms with van der Waals surface area (Å²) in [5, 5.41) is 12.3. The minimum absolute atomic E-state index is 0.00303. The van der Waals surface area contributed by atoms with Gasteiger partial charge in [-0.15, -0.1) is 0 Å². The molecule has 0 aliphatic carbocycles. The van der Waals surface area contributed by atoms with E-state index in [-0.39, 0.29) is 18.0 Å². The summed E-state index contributed by atoms with van der Waals surface area (Å²) >= 11 is 2.11. The van der Waals surface area contributed by atoms with Gasteiger partial charge < -0.3 is 10.1 Å². The Labute approximate surface area is 194 Å². The van der Waals surface area contributed by atoms with Crippen LogP contribution >= 0.6 is 22.6 Å². The monoisotopic (exact) mass is 526 g/mol. The van der Waals surface area contributed by atoms with Crippen LogP contribution in [0.25, 0.3) is 6.08 Å². The molecule has 6 heteroatoms. The Hall–Kier alpha value is -3.18. The van der Waals surface area contributed by atoms with Crippen molar-refractivity contribution in [2.75, 3.05) is 5.32 Å². The minimum Gasteiger partial charge on any atom is -0.488 e. The van der Waals surface area contributed by atoms with E-state index in [1.807, 2.05) is 32.0 Å². The number of nitrogens with zero attached hydrogens (tertiary/aromatic N) is 1. The van der Waals surface area contributed by atoms with Crippen molar-refractivity contribution < 1.29 is 13.9 Å². The number of amides is 1. The number of hydrogen-bond acceptors (Lipinski definition) is 3. The summed E-state index contributed by atoms with van der Waals surface area (Å²) in [6, 6.07) is 19.3. The Morgan fingerprint density at radius 3 is 2.65 bits per heavy atom. The lowest BCUT2D eigenvalue weighted by atomic mass is 10.1. The maximum absolute atomic E-state index is 13.8. The molecule has 0 saturated heterocycles. The Bertz CT molecular complexity index is 1200. The summed E-state index contributed by atoms with van der Waals surface area (Å²) < 4.78 is 20.3. The lowest BCUT2D eigenvalue weighted by molar-refractivity contribution is -0.112. The lowest BCUT2D eigenvalue weighted by Crippen LogP contribution is -2.14. The van der Waals surface area contributed by atoms with Crippen LogP contribution in [-0.2, 0) is 11.4 Å². The molecule has 0 heterocycles. The molecule has 156 valence electrons. The average molecular weight is 526 g/mol. The van der Waals surface area contributed by atoms with Gasteiger partial charge in [0, 0.05) is 11.3 Å². The molecule has 0 fully saturated rings. The molecular formula is C25H20FIN2O2. The second kappa shape index (κ2) is 10.2. The first-order valence-electron chi connectivity index (χ1n) is 9.54. The fourth-order valence-corrected chi connectivity index (χ4v) is 3.58. The Balaban J connectivity index is 1.74. The van der Waals surface area contributed by atoms with E-state index in [4.69, 9.17) is 4.74 Å². The molecule has 3 rings (SSSR count). The molecule has 3 aromatic rings. The molecule has 0 unspecified atom stereocenters. The summed E-state index contributed by atoms with van der Waals surface area (Å²) in [5.41, 5.74) is 3.85. The summed E-state index contributed by atoms with van der Waals surface area (Å²) in [6.07, 6.45) is 1.53. The van der Waals surface area contributed by atoms with E-state index in [1.54, 1.807) is 42.5 Å². The van der Waals surface area contributed by atoms with E-state index < -0.39 is 5.91 Å². The Morgan fingerprint density at radius 2 is 1.94 bits per heavy atom. The van der Waals surface area contributed by atoms with Crippen molar-refractivity contribution in [3.05, 3.63) is 97.9 Å². The molecule has 0 bridgehead atoms. The second-order valence-electron chi connectivity index (χ2n) is 6.94. The SMILES string of the molecule is Cc1cccc(NC(=O)/C(C#N)=C/c2ccc(OCc3ccccc3F)c(I)c2)c1C. The third-order valence-electron chi connectivity index (χ3n) is 4.83. The Morgan fingerprint density at radius 1 is 1.16 bits per heavy atom. The highest BCUT2D eigenvalue weighted by Gasteiger charge is 2.12. The predicted octanol–water partition coefficient (Wildman–Crippen LogP) is 6.17. The van der Waals surface area contributed by atoms with E-state index >= 15 is 0 Å². The smallest absolute Gasteiger partial charge is 0.266 e. The maximum atomic E-state index is 13.8. The number of halogens is 2. The number of carbonyl (C=O) groups excluding carboxylic acids is 1. The van der Waals surface area contributed by atoms with Gasteiger partial charge in [0.25, 0.3) is 5.91 Å². The van der Waals surface area contributed by atoms with Gasteiger partial charge in [-0.3, -0.25) is 4.79 Å². The topological polar surface area (TPSA) is 62.1 Å². The van der Waals surface area contributed by atoms with Crippen LogP contribution in [0.3, 0.4) is 0 Å². The van der Waals surface area contributed by atoms with E-state index in [0.29, 0.717) is 22.6 Å². The number of carbonyl (C=O) groups is 1. The van der Waals surface area contributed by atoms with Gasteiger partial charge in [0.2, 0.25) is 0 Å². The lowest BCUT2D eigenvalue weighted by Gasteiger charge is -2.11. The van der Waals surface area contributed by atoms with E-state index in [1.165, 1.54) is 12.1 Å². The Kier molecular flexibility index (Phi) is 7.42. The van der Waals surface area contributed by atoms with Gasteiger partial charge >= 0.3 is 0 Å². The summed E-state index contributed by atoms with van der Waals surface area (Å²) in [5.74, 6) is -0.184. The summed E-state index contributed by atoms with van der Waals surface area (Å²) in [6.45, 7) is 3.99. The zero-order chi connectivity index (χ0) is 22.4. The molecule has 0 saturated carbocycles. The molecule has 31 heavy (non-hydrogen) atoms. The van der Waals surface area contributed by atoms with Crippen LogP contribution in [0, 0.1) is 34.6 Å². The molecule has 0 radical (unpaired) electrons. The maximum Gasteiger partial charge on any atom is 0.266 e. The van der Waals surface area contributed by atoms with Gasteiger partial charge in [0.15, 0.2) is 0 Å². The van der Waals surface area contributed by atoms with E-state index in [2.05, 4.69) is 27.9 Å². The zero-order valence-corrected chi connectivity index (χ0v) is 19.2. The van der Waals surface area contributed by atoms with Crippen molar-refractivity contribution in [3.63, 3.8) is 0 Å². The molecule has 0 spiro atoms. The number of nitrogens with one attached hydrogen (secondary N) is 1. The van der Waals surface area contributed by atoms with Crippen molar-refractivity contribution in [1.29, 1.82) is 5.26 Å². The van der Waals surface area contributed by atoms with Gasteiger partial charge in [-0.05, 0) is 83.5 Å². The zero-order valence-electron chi connectivity index (χ0n) is 17.1. The molecule has 0 aliphatic heterocycles. The van der Waals surface area contributed by atoms with Gasteiger partial charge in [-0.25, -0.2) is 4.39 Å². The normalized spacial score (nSPS) is 11.0. The molecular weight excluding hydrogens is 506 g/mol. The highest BCUT2D eigenvalue weighted by atomic mass is 127. The third kappa shape index (κ3) is 5.70. The number of hydrogen-bond donors (Lipinski definition) is 1. The first-order valence-corrected chi connectivity index (χ1v) is 10.6. The minimum atomic E-state index is -0.467. The molecule has 0 aromatic heterocycles. The van der Waals surface area contributed by atoms with Gasteiger partial charge in [-0.1, -0.05) is 36.4 Å². The number of nitriles is 1. The van der Waals surface area contributed by atoms with Crippen LogP contribution in [0.4, 0.5) is 10.1 Å². The summed E-state index contributed by atoms with van der Waals surface area (Å²) in [7, 11) is 0. The van der Waals surface area contributed by atoms with Crippen LogP contribution in [0.2, 0.25) is 0 Å². The fourth-order valence-electron chi connectivity index (χ4n) is 2.89. The highest BCUT2D eigenvalue weighted by molar-refractivity contribution is 14.1. The van der Waals surface area contributed by atoms with Crippen LogP contribution in [0.5, 0.6) is 5.75 Å². The molecule has 4 nitrogen and oxygen atoms in total. The van der Waals surface area contributed by atoms with Crippen molar-refractivity contribution in [2.24, 2.45) is 0 Å². The van der Waals surface area contributed by atoms with Crippen LogP contribution in [0.1, 0.15) is 22.3 Å². The number of anilines is 1. The number of rotatable bonds is 6. The summed E-state index contributed by atoms with van der Waals surface area (Å²) in [4.78, 5) is 12.6. The van der Waals surface area contributed by atoms with Crippen LogP contribution < -0.4 is 10.1 Å². The third-order valence-corrected chi connectivity index (χ3v) is 5.67. The molecule has 1 amide bonds. The first-order chi connectivity index (χ1) is 14.9. The molecule has 1 N–H and O–H groups in total. The first kappa shape index (κ1) is 22.5. The predicted molar refractivity (Wildman–Crippen MR) is 128 cm³/mol. The number of benzene rings is 3. The average Bonchev–Trinajstić information content (AvgIpc) is 2.75. The quantitative estimate of drug-likeness (QED) is 0.237. The van der Waals surface area contributed by atoms with Crippen LogP contribution in [0.15, 0.2) is 66.2 Å². The largest absolute Gasteiger partial charge is 0.488 e. The molecule has 0 atom stereocenters. The van der Waals surface area contributed by atoms with Gasteiger partial charge in [0.05, 0.1) is 3.57 Å². The number of aryl methyl sites for hydroxylation is 1. The van der Waals surface area contributed by atoms with Crippen molar-refractivity contribution in [1.82, 2.24) is 0 Å².